The van der Waals surface area contributed by atoms with Crippen molar-refractivity contribution in [3.63, 3.8) is 0 Å². The first kappa shape index (κ1) is 16.5. The summed E-state index contributed by atoms with van der Waals surface area (Å²) in [5, 5.41) is 12.3. The lowest BCUT2D eigenvalue weighted by atomic mass is 10.2. The highest BCUT2D eigenvalue weighted by Crippen LogP contribution is 2.15. The van der Waals surface area contributed by atoms with E-state index in [1.54, 1.807) is 38.3 Å². The predicted octanol–water partition coefficient (Wildman–Crippen LogP) is 1.72. The number of hydrogen-bond acceptors (Lipinski definition) is 4. The molecule has 0 spiro atoms. The fourth-order valence-electron chi connectivity index (χ4n) is 1.86. The van der Waals surface area contributed by atoms with Gasteiger partial charge >= 0.3 is 0 Å². The van der Waals surface area contributed by atoms with Gasteiger partial charge in [-0.2, -0.15) is 0 Å². The molecule has 0 bridgehead atoms. The fraction of sp³-hybridized carbons (Fsp3) is 0.533. The molecule has 0 fully saturated rings. The molecule has 1 rings (SSSR count). The molecular formula is C15H24N2O3. The molecule has 1 atom stereocenters. The number of rotatable bonds is 7. The van der Waals surface area contributed by atoms with E-state index in [1.165, 1.54) is 0 Å². The number of carbonyl (C=O) groups excluding carboxylic acids is 1. The molecule has 0 saturated heterocycles. The summed E-state index contributed by atoms with van der Waals surface area (Å²) in [6, 6.07) is 7.39. The van der Waals surface area contributed by atoms with Crippen LogP contribution in [0.2, 0.25) is 0 Å². The number of carbonyl (C=O) groups is 1. The summed E-state index contributed by atoms with van der Waals surface area (Å²) in [6.45, 7) is 6.46. The Morgan fingerprint density at radius 1 is 1.30 bits per heavy atom. The van der Waals surface area contributed by atoms with Crippen LogP contribution in [0.5, 0.6) is 5.75 Å². The number of benzene rings is 1. The SMILES string of the molecule is COc1ccc(NC(=O)CN(CC(C)O)C(C)C)cc1. The minimum Gasteiger partial charge on any atom is -0.497 e. The molecule has 0 aliphatic rings. The van der Waals surface area contributed by atoms with Gasteiger partial charge in [-0.15, -0.1) is 0 Å². The minimum atomic E-state index is -0.453. The largest absolute Gasteiger partial charge is 0.497 e. The number of aliphatic hydroxyl groups is 1. The van der Waals surface area contributed by atoms with E-state index in [9.17, 15) is 9.90 Å². The van der Waals surface area contributed by atoms with Crippen molar-refractivity contribution in [2.75, 3.05) is 25.5 Å². The van der Waals surface area contributed by atoms with Crippen molar-refractivity contribution in [1.82, 2.24) is 4.90 Å². The first-order valence-corrected chi connectivity index (χ1v) is 6.78. The van der Waals surface area contributed by atoms with Crippen molar-refractivity contribution < 1.29 is 14.6 Å². The molecule has 2 N–H and O–H groups in total. The Bertz CT molecular complexity index is 416. The average Bonchev–Trinajstić information content (AvgIpc) is 2.38. The molecule has 0 heterocycles. The van der Waals surface area contributed by atoms with Crippen LogP contribution in [0.15, 0.2) is 24.3 Å². The van der Waals surface area contributed by atoms with Crippen molar-refractivity contribution in [3.8, 4) is 5.75 Å². The zero-order valence-electron chi connectivity index (χ0n) is 12.6. The summed E-state index contributed by atoms with van der Waals surface area (Å²) in [7, 11) is 1.60. The minimum absolute atomic E-state index is 0.0930. The Morgan fingerprint density at radius 3 is 2.35 bits per heavy atom. The molecule has 1 unspecified atom stereocenters. The summed E-state index contributed by atoms with van der Waals surface area (Å²) >= 11 is 0. The Labute approximate surface area is 120 Å². The van der Waals surface area contributed by atoms with E-state index in [-0.39, 0.29) is 18.5 Å². The third-order valence-corrected chi connectivity index (χ3v) is 2.95. The van der Waals surface area contributed by atoms with Crippen molar-refractivity contribution >= 4 is 11.6 Å². The molecule has 0 aromatic heterocycles. The second kappa shape index (κ2) is 7.87. The lowest BCUT2D eigenvalue weighted by Gasteiger charge is -2.26. The number of methoxy groups -OCH3 is 1. The lowest BCUT2D eigenvalue weighted by molar-refractivity contribution is -0.118. The van der Waals surface area contributed by atoms with Gasteiger partial charge < -0.3 is 15.2 Å². The molecule has 1 aromatic rings. The van der Waals surface area contributed by atoms with E-state index in [2.05, 4.69) is 5.32 Å². The molecule has 112 valence electrons. The zero-order valence-corrected chi connectivity index (χ0v) is 12.6. The smallest absolute Gasteiger partial charge is 0.238 e. The Hall–Kier alpha value is -1.59. The van der Waals surface area contributed by atoms with Crippen LogP contribution in [0.3, 0.4) is 0 Å². The highest BCUT2D eigenvalue weighted by Gasteiger charge is 2.15. The van der Waals surface area contributed by atoms with Crippen LogP contribution in [0.25, 0.3) is 0 Å². The maximum absolute atomic E-state index is 12.0. The molecule has 0 aliphatic carbocycles. The van der Waals surface area contributed by atoms with Gasteiger partial charge in [0.25, 0.3) is 0 Å². The molecule has 20 heavy (non-hydrogen) atoms. The van der Waals surface area contributed by atoms with Gasteiger partial charge in [-0.25, -0.2) is 0 Å². The van der Waals surface area contributed by atoms with Gasteiger partial charge in [-0.05, 0) is 45.0 Å². The summed E-state index contributed by atoms with van der Waals surface area (Å²) < 4.78 is 5.07. The molecule has 5 nitrogen and oxygen atoms in total. The van der Waals surface area contributed by atoms with Gasteiger partial charge in [-0.3, -0.25) is 9.69 Å². The Balaban J connectivity index is 2.56. The summed E-state index contributed by atoms with van der Waals surface area (Å²) in [5.74, 6) is 0.658. The molecule has 5 heteroatoms. The summed E-state index contributed by atoms with van der Waals surface area (Å²) in [6.07, 6.45) is -0.453. The van der Waals surface area contributed by atoms with Crippen LogP contribution < -0.4 is 10.1 Å². The van der Waals surface area contributed by atoms with Crippen LogP contribution in [-0.2, 0) is 4.79 Å². The molecule has 0 radical (unpaired) electrons. The van der Waals surface area contributed by atoms with Crippen LogP contribution >= 0.6 is 0 Å². The van der Waals surface area contributed by atoms with E-state index in [4.69, 9.17) is 4.74 Å². The van der Waals surface area contributed by atoms with Crippen molar-refractivity contribution in [2.45, 2.75) is 32.9 Å². The summed E-state index contributed by atoms with van der Waals surface area (Å²) in [4.78, 5) is 13.9. The monoisotopic (exact) mass is 280 g/mol. The number of ether oxygens (including phenoxy) is 1. The third kappa shape index (κ3) is 5.59. The van der Waals surface area contributed by atoms with E-state index in [0.29, 0.717) is 6.54 Å². The first-order valence-electron chi connectivity index (χ1n) is 6.78. The number of nitrogens with one attached hydrogen (secondary N) is 1. The van der Waals surface area contributed by atoms with Crippen LogP contribution in [0.1, 0.15) is 20.8 Å². The number of hydrogen-bond donors (Lipinski definition) is 2. The molecular weight excluding hydrogens is 256 g/mol. The number of nitrogens with zero attached hydrogens (tertiary/aromatic N) is 1. The van der Waals surface area contributed by atoms with Gasteiger partial charge in [0.15, 0.2) is 0 Å². The predicted molar refractivity (Wildman–Crippen MR) is 80.0 cm³/mol. The van der Waals surface area contributed by atoms with Gasteiger partial charge in [0.1, 0.15) is 5.75 Å². The maximum atomic E-state index is 12.0. The topological polar surface area (TPSA) is 61.8 Å². The van der Waals surface area contributed by atoms with Crippen molar-refractivity contribution in [3.05, 3.63) is 24.3 Å². The number of aliphatic hydroxyl groups excluding tert-OH is 1. The van der Waals surface area contributed by atoms with Crippen molar-refractivity contribution in [2.24, 2.45) is 0 Å². The van der Waals surface area contributed by atoms with Gasteiger partial charge in [0.2, 0.25) is 5.91 Å². The summed E-state index contributed by atoms with van der Waals surface area (Å²) in [5.41, 5.74) is 0.733. The zero-order chi connectivity index (χ0) is 15.1. The van der Waals surface area contributed by atoms with E-state index >= 15 is 0 Å². The fourth-order valence-corrected chi connectivity index (χ4v) is 1.86. The highest BCUT2D eigenvalue weighted by molar-refractivity contribution is 5.92. The second-order valence-electron chi connectivity index (χ2n) is 5.15. The van der Waals surface area contributed by atoms with Crippen LogP contribution in [0.4, 0.5) is 5.69 Å². The van der Waals surface area contributed by atoms with E-state index < -0.39 is 6.10 Å². The standard InChI is InChI=1S/C15H24N2O3/c1-11(2)17(9-12(3)18)10-15(19)16-13-5-7-14(20-4)8-6-13/h5-8,11-12,18H,9-10H2,1-4H3,(H,16,19). The maximum Gasteiger partial charge on any atom is 0.238 e. The Kier molecular flexibility index (Phi) is 6.48. The molecule has 0 aliphatic heterocycles. The average molecular weight is 280 g/mol. The first-order chi connectivity index (χ1) is 9.42. The Morgan fingerprint density at radius 2 is 1.90 bits per heavy atom. The quantitative estimate of drug-likeness (QED) is 0.798. The van der Waals surface area contributed by atoms with E-state index in [0.717, 1.165) is 11.4 Å². The molecule has 0 saturated carbocycles. The third-order valence-electron chi connectivity index (χ3n) is 2.95. The van der Waals surface area contributed by atoms with Gasteiger partial charge in [-0.1, -0.05) is 0 Å². The van der Waals surface area contributed by atoms with Crippen LogP contribution in [0, 0.1) is 0 Å². The highest BCUT2D eigenvalue weighted by atomic mass is 16.5. The molecule has 1 aromatic carbocycles. The van der Waals surface area contributed by atoms with Gasteiger partial charge in [0.05, 0.1) is 19.8 Å². The van der Waals surface area contributed by atoms with Gasteiger partial charge in [0, 0.05) is 18.3 Å². The normalized spacial score (nSPS) is 12.6. The van der Waals surface area contributed by atoms with Crippen LogP contribution in [-0.4, -0.2) is 48.3 Å². The van der Waals surface area contributed by atoms with Crippen molar-refractivity contribution in [1.29, 1.82) is 0 Å². The van der Waals surface area contributed by atoms with E-state index in [1.807, 2.05) is 18.7 Å². The number of anilines is 1. The molecule has 1 amide bonds. The lowest BCUT2D eigenvalue weighted by Crippen LogP contribution is -2.41. The second-order valence-corrected chi connectivity index (χ2v) is 5.15. The number of amides is 1.